The first-order chi connectivity index (χ1) is 12.1. The third-order valence-electron chi connectivity index (χ3n) is 5.85. The fraction of sp³-hybridized carbons (Fsp3) is 0.364. The number of nitrogens with zero attached hydrogens (tertiary/aromatic N) is 2. The van der Waals surface area contributed by atoms with Crippen LogP contribution < -0.4 is 5.32 Å². The van der Waals surface area contributed by atoms with E-state index in [4.69, 9.17) is 0 Å². The molecule has 1 aromatic carbocycles. The van der Waals surface area contributed by atoms with Gasteiger partial charge in [-0.3, -0.25) is 4.79 Å². The molecule has 0 atom stereocenters. The quantitative estimate of drug-likeness (QED) is 0.760. The summed E-state index contributed by atoms with van der Waals surface area (Å²) in [4.78, 5) is 17.4. The molecule has 0 unspecified atom stereocenters. The van der Waals surface area contributed by atoms with E-state index in [-0.39, 0.29) is 11.3 Å². The van der Waals surface area contributed by atoms with E-state index in [1.807, 2.05) is 42.8 Å². The molecule has 2 heterocycles. The van der Waals surface area contributed by atoms with Gasteiger partial charge < -0.3 is 9.88 Å². The van der Waals surface area contributed by atoms with E-state index in [2.05, 4.69) is 56.2 Å². The number of benzene rings is 1. The third-order valence-corrected chi connectivity index (χ3v) is 5.85. The zero-order chi connectivity index (χ0) is 19.1. The highest BCUT2D eigenvalue weighted by molar-refractivity contribution is 5.97. The molecule has 0 fully saturated rings. The first-order valence-corrected chi connectivity index (χ1v) is 8.93. The van der Waals surface area contributed by atoms with E-state index < -0.39 is 5.54 Å². The smallest absolute Gasteiger partial charge is 0.253 e. The van der Waals surface area contributed by atoms with Gasteiger partial charge in [0.2, 0.25) is 0 Å². The molecule has 136 valence electrons. The number of amides is 1. The van der Waals surface area contributed by atoms with Crippen LogP contribution in [0.3, 0.4) is 0 Å². The van der Waals surface area contributed by atoms with Crippen LogP contribution >= 0.6 is 0 Å². The molecule has 0 saturated carbocycles. The second kappa shape index (κ2) is 6.27. The second-order valence-electron chi connectivity index (χ2n) is 8.05. The Morgan fingerprint density at radius 1 is 1.08 bits per heavy atom. The minimum atomic E-state index is -0.438. The molecule has 26 heavy (non-hydrogen) atoms. The SMILES string of the molecule is Cc1cc2cc(C(=O)NC(C)(C)C(C)(C)c3ccccc3)cnc2n1C. The largest absolute Gasteiger partial charge is 0.346 e. The summed E-state index contributed by atoms with van der Waals surface area (Å²) in [6, 6.07) is 14.2. The molecule has 0 spiro atoms. The number of rotatable bonds is 4. The molecule has 0 radical (unpaired) electrons. The van der Waals surface area contributed by atoms with Crippen LogP contribution in [0.25, 0.3) is 11.0 Å². The molecule has 3 aromatic rings. The lowest BCUT2D eigenvalue weighted by Crippen LogP contribution is -2.56. The summed E-state index contributed by atoms with van der Waals surface area (Å²) < 4.78 is 2.03. The number of aryl methyl sites for hydroxylation is 2. The van der Waals surface area contributed by atoms with Gasteiger partial charge in [0.1, 0.15) is 5.65 Å². The van der Waals surface area contributed by atoms with Crippen LogP contribution in [0, 0.1) is 6.92 Å². The normalized spacial score (nSPS) is 12.4. The Labute approximate surface area is 155 Å². The van der Waals surface area contributed by atoms with Gasteiger partial charge in [0.15, 0.2) is 0 Å². The second-order valence-corrected chi connectivity index (χ2v) is 8.05. The highest BCUT2D eigenvalue weighted by Gasteiger charge is 2.39. The molecule has 0 aliphatic rings. The zero-order valence-electron chi connectivity index (χ0n) is 16.4. The molecule has 1 N–H and O–H groups in total. The highest BCUT2D eigenvalue weighted by atomic mass is 16.1. The Hall–Kier alpha value is -2.62. The minimum Gasteiger partial charge on any atom is -0.346 e. The van der Waals surface area contributed by atoms with Crippen LogP contribution in [0.15, 0.2) is 48.7 Å². The maximum Gasteiger partial charge on any atom is 0.253 e. The van der Waals surface area contributed by atoms with E-state index in [0.29, 0.717) is 5.56 Å². The van der Waals surface area contributed by atoms with Gasteiger partial charge in [-0.1, -0.05) is 44.2 Å². The highest BCUT2D eigenvalue weighted by Crippen LogP contribution is 2.34. The van der Waals surface area contributed by atoms with Crippen LogP contribution in [-0.4, -0.2) is 21.0 Å². The molecular weight excluding hydrogens is 322 g/mol. The van der Waals surface area contributed by atoms with Crippen molar-refractivity contribution in [3.05, 3.63) is 65.5 Å². The standard InChI is InChI=1S/C22H27N3O/c1-15-12-16-13-17(14-23-19(16)25(15)6)20(26)24-22(4,5)21(2,3)18-10-8-7-9-11-18/h7-14H,1-6H3,(H,24,26). The zero-order valence-corrected chi connectivity index (χ0v) is 16.4. The van der Waals surface area contributed by atoms with Gasteiger partial charge in [-0.2, -0.15) is 0 Å². The predicted molar refractivity (Wildman–Crippen MR) is 106 cm³/mol. The Bertz CT molecular complexity index is 952. The first-order valence-electron chi connectivity index (χ1n) is 8.93. The van der Waals surface area contributed by atoms with E-state index in [1.165, 1.54) is 5.56 Å². The monoisotopic (exact) mass is 349 g/mol. The number of aromatic nitrogens is 2. The van der Waals surface area contributed by atoms with Crippen LogP contribution in [0.4, 0.5) is 0 Å². The molecule has 1 amide bonds. The van der Waals surface area contributed by atoms with Gasteiger partial charge in [-0.25, -0.2) is 4.98 Å². The summed E-state index contributed by atoms with van der Waals surface area (Å²) in [6.45, 7) is 10.5. The van der Waals surface area contributed by atoms with Gasteiger partial charge >= 0.3 is 0 Å². The third kappa shape index (κ3) is 3.00. The summed E-state index contributed by atoms with van der Waals surface area (Å²) in [5, 5.41) is 4.20. The van der Waals surface area contributed by atoms with Gasteiger partial charge in [-0.15, -0.1) is 0 Å². The topological polar surface area (TPSA) is 46.9 Å². The van der Waals surface area contributed by atoms with Crippen molar-refractivity contribution in [2.75, 3.05) is 0 Å². The number of carbonyl (C=O) groups is 1. The van der Waals surface area contributed by atoms with Crippen molar-refractivity contribution in [2.45, 2.75) is 45.6 Å². The van der Waals surface area contributed by atoms with Crippen molar-refractivity contribution in [1.82, 2.24) is 14.9 Å². The molecule has 4 heteroatoms. The lowest BCUT2D eigenvalue weighted by atomic mass is 9.69. The number of pyridine rings is 1. The van der Waals surface area contributed by atoms with Crippen LogP contribution in [0.1, 0.15) is 49.3 Å². The van der Waals surface area contributed by atoms with Crippen molar-refractivity contribution in [3.8, 4) is 0 Å². The van der Waals surface area contributed by atoms with Gasteiger partial charge in [-0.05, 0) is 38.5 Å². The Morgan fingerprint density at radius 3 is 2.38 bits per heavy atom. The fourth-order valence-corrected chi connectivity index (χ4v) is 3.20. The average Bonchev–Trinajstić information content (AvgIpc) is 2.89. The van der Waals surface area contributed by atoms with Crippen LogP contribution in [0.2, 0.25) is 0 Å². The van der Waals surface area contributed by atoms with Crippen molar-refractivity contribution >= 4 is 16.9 Å². The van der Waals surface area contributed by atoms with Crippen molar-refractivity contribution in [2.24, 2.45) is 7.05 Å². The number of nitrogens with one attached hydrogen (secondary N) is 1. The van der Waals surface area contributed by atoms with Crippen LogP contribution in [-0.2, 0) is 12.5 Å². The van der Waals surface area contributed by atoms with Gasteiger partial charge in [0.05, 0.1) is 5.56 Å². The molecule has 3 rings (SSSR count). The maximum atomic E-state index is 12.9. The summed E-state index contributed by atoms with van der Waals surface area (Å²) in [5.74, 6) is -0.102. The van der Waals surface area contributed by atoms with Gasteiger partial charge in [0, 0.05) is 35.3 Å². The molecule has 0 aliphatic heterocycles. The predicted octanol–water partition coefficient (Wildman–Crippen LogP) is 4.37. The first kappa shape index (κ1) is 18.2. The van der Waals surface area contributed by atoms with Crippen molar-refractivity contribution < 1.29 is 4.79 Å². The van der Waals surface area contributed by atoms with E-state index >= 15 is 0 Å². The molecule has 4 nitrogen and oxygen atoms in total. The van der Waals surface area contributed by atoms with Crippen LogP contribution in [0.5, 0.6) is 0 Å². The molecule has 2 aromatic heterocycles. The van der Waals surface area contributed by atoms with Crippen molar-refractivity contribution in [1.29, 1.82) is 0 Å². The molecular formula is C22H27N3O. The number of fused-ring (bicyclic) bond motifs is 1. The summed E-state index contributed by atoms with van der Waals surface area (Å²) in [7, 11) is 1.98. The molecule has 0 bridgehead atoms. The number of hydrogen-bond acceptors (Lipinski definition) is 2. The average molecular weight is 349 g/mol. The minimum absolute atomic E-state index is 0.102. The van der Waals surface area contributed by atoms with E-state index in [1.54, 1.807) is 6.20 Å². The lowest BCUT2D eigenvalue weighted by Gasteiger charge is -2.42. The maximum absolute atomic E-state index is 12.9. The van der Waals surface area contributed by atoms with Gasteiger partial charge in [0.25, 0.3) is 5.91 Å². The summed E-state index contributed by atoms with van der Waals surface area (Å²) in [6.07, 6.45) is 1.66. The number of carbonyl (C=O) groups excluding carboxylic acids is 1. The van der Waals surface area contributed by atoms with E-state index in [0.717, 1.165) is 16.7 Å². The number of hydrogen-bond donors (Lipinski definition) is 1. The fourth-order valence-electron chi connectivity index (χ4n) is 3.20. The Morgan fingerprint density at radius 2 is 1.73 bits per heavy atom. The van der Waals surface area contributed by atoms with E-state index in [9.17, 15) is 4.79 Å². The summed E-state index contributed by atoms with van der Waals surface area (Å²) >= 11 is 0. The Kier molecular flexibility index (Phi) is 4.39. The van der Waals surface area contributed by atoms with Crippen molar-refractivity contribution in [3.63, 3.8) is 0 Å². The Balaban J connectivity index is 1.88. The molecule has 0 saturated heterocycles. The lowest BCUT2D eigenvalue weighted by molar-refractivity contribution is 0.0872. The molecule has 0 aliphatic carbocycles. The summed E-state index contributed by atoms with van der Waals surface area (Å²) in [5.41, 5.74) is 3.12.